The van der Waals surface area contributed by atoms with Crippen LogP contribution in [0.3, 0.4) is 0 Å². The summed E-state index contributed by atoms with van der Waals surface area (Å²) in [4.78, 5) is 31.4. The third kappa shape index (κ3) is 5.49. The average molecular weight is 725 g/mol. The van der Waals surface area contributed by atoms with Crippen molar-refractivity contribution in [2.45, 2.75) is 77.5 Å². The summed E-state index contributed by atoms with van der Waals surface area (Å²) in [5.74, 6) is 3.37. The zero-order valence-electron chi connectivity index (χ0n) is 32.7. The molecule has 3 aliphatic heterocycles. The lowest BCUT2D eigenvalue weighted by Crippen LogP contribution is -2.59. The van der Waals surface area contributed by atoms with Crippen LogP contribution in [0.15, 0.2) is 128 Å². The molecule has 2 aromatic heterocycles. The van der Waals surface area contributed by atoms with Crippen molar-refractivity contribution in [2.75, 3.05) is 19.6 Å². The fraction of sp³-hybridized carbons (Fsp3) is 0.277. The Kier molecular flexibility index (Phi) is 8.08. The van der Waals surface area contributed by atoms with Crippen LogP contribution in [-0.2, 0) is 10.8 Å². The van der Waals surface area contributed by atoms with Crippen LogP contribution in [0, 0.1) is 5.92 Å². The van der Waals surface area contributed by atoms with Crippen LogP contribution < -0.4 is 19.6 Å². The molecule has 0 N–H and O–H groups in total. The van der Waals surface area contributed by atoms with Gasteiger partial charge in [0.1, 0.15) is 12.3 Å². The van der Waals surface area contributed by atoms with Gasteiger partial charge in [0.15, 0.2) is 23.3 Å². The molecule has 4 unspecified atom stereocenters. The lowest BCUT2D eigenvalue weighted by atomic mass is 9.77. The summed E-state index contributed by atoms with van der Waals surface area (Å²) in [6.45, 7) is 19.9. The highest BCUT2D eigenvalue weighted by Gasteiger charge is 2.58. The van der Waals surface area contributed by atoms with Gasteiger partial charge in [-0.05, 0) is 53.4 Å². The van der Waals surface area contributed by atoms with Crippen molar-refractivity contribution in [3.8, 4) is 0 Å². The Morgan fingerprint density at radius 1 is 0.527 bits per heavy atom. The van der Waals surface area contributed by atoms with Crippen LogP contribution in [0.5, 0.6) is 0 Å². The third-order valence-corrected chi connectivity index (χ3v) is 11.4. The highest BCUT2D eigenvalue weighted by molar-refractivity contribution is 5.90. The number of benzene rings is 4. The zero-order chi connectivity index (χ0) is 38.2. The van der Waals surface area contributed by atoms with Crippen molar-refractivity contribution >= 4 is 52.1 Å². The minimum absolute atomic E-state index is 0.0751. The molecule has 3 aliphatic rings. The molecule has 0 spiro atoms. The third-order valence-electron chi connectivity index (χ3n) is 11.4. The van der Waals surface area contributed by atoms with Gasteiger partial charge < -0.3 is 19.6 Å². The Hall–Kier alpha value is -6.02. The molecule has 276 valence electrons. The fourth-order valence-electron chi connectivity index (χ4n) is 8.64. The molecule has 5 heterocycles. The largest absolute Gasteiger partial charge is 0.301 e. The molecule has 0 radical (unpaired) electrons. The minimum atomic E-state index is -0.285. The van der Waals surface area contributed by atoms with Crippen LogP contribution in [-0.4, -0.2) is 32.3 Å². The van der Waals surface area contributed by atoms with Gasteiger partial charge in [0, 0.05) is 33.8 Å². The van der Waals surface area contributed by atoms with E-state index in [0.717, 1.165) is 63.0 Å². The van der Waals surface area contributed by atoms with Crippen molar-refractivity contribution < 1.29 is 0 Å². The molecule has 0 saturated heterocycles. The molecular formula is C47H48N8. The molecule has 6 aromatic rings. The van der Waals surface area contributed by atoms with Crippen molar-refractivity contribution in [2.24, 2.45) is 5.92 Å². The van der Waals surface area contributed by atoms with Crippen LogP contribution in [0.1, 0.15) is 76.9 Å². The van der Waals surface area contributed by atoms with Crippen molar-refractivity contribution in [3.63, 3.8) is 0 Å². The number of fused-ring (bicyclic) bond motifs is 6. The second-order valence-electron chi connectivity index (χ2n) is 17.0. The molecule has 0 saturated carbocycles. The normalized spacial score (nSPS) is 20.2. The van der Waals surface area contributed by atoms with Crippen LogP contribution in [0.4, 0.5) is 46.0 Å². The van der Waals surface area contributed by atoms with Crippen molar-refractivity contribution in [1.82, 2.24) is 19.9 Å². The summed E-state index contributed by atoms with van der Waals surface area (Å²) >= 11 is 0. The number of hydrogen-bond donors (Lipinski definition) is 0. The van der Waals surface area contributed by atoms with E-state index in [0.29, 0.717) is 0 Å². The summed E-state index contributed by atoms with van der Waals surface area (Å²) < 4.78 is 0. The van der Waals surface area contributed by atoms with Crippen molar-refractivity contribution in [3.05, 3.63) is 151 Å². The first kappa shape index (κ1) is 34.7. The number of rotatable bonds is 5. The number of para-hydroxylation sites is 4. The summed E-state index contributed by atoms with van der Waals surface area (Å²) in [5, 5.41) is 0. The summed E-state index contributed by atoms with van der Waals surface area (Å²) in [5.41, 5.74) is 8.10. The maximum atomic E-state index is 5.51. The van der Waals surface area contributed by atoms with E-state index in [2.05, 4.69) is 184 Å². The average Bonchev–Trinajstić information content (AvgIpc) is 3.71. The first-order valence-corrected chi connectivity index (χ1v) is 19.3. The molecule has 8 heteroatoms. The number of nitrogens with zero attached hydrogens (tertiary/aromatic N) is 8. The molecule has 0 fully saturated rings. The Morgan fingerprint density at radius 2 is 0.964 bits per heavy atom. The van der Waals surface area contributed by atoms with Gasteiger partial charge in [-0.3, -0.25) is 0 Å². The van der Waals surface area contributed by atoms with Gasteiger partial charge in [0.05, 0.1) is 29.5 Å². The molecular weight excluding hydrogens is 677 g/mol. The molecule has 55 heavy (non-hydrogen) atoms. The van der Waals surface area contributed by atoms with Gasteiger partial charge in [0.2, 0.25) is 0 Å². The van der Waals surface area contributed by atoms with E-state index < -0.39 is 0 Å². The lowest BCUT2D eigenvalue weighted by molar-refractivity contribution is 0.301. The molecule has 0 aliphatic carbocycles. The molecule has 0 bridgehead atoms. The number of hydrogen-bond acceptors (Lipinski definition) is 8. The lowest BCUT2D eigenvalue weighted by Gasteiger charge is -2.51. The first-order chi connectivity index (χ1) is 26.5. The Balaban J connectivity index is 1.37. The van der Waals surface area contributed by atoms with Crippen LogP contribution in [0.2, 0.25) is 0 Å². The van der Waals surface area contributed by atoms with E-state index in [1.807, 2.05) is 18.5 Å². The summed E-state index contributed by atoms with van der Waals surface area (Å²) in [6.07, 6.45) is 5.37. The standard InChI is InChI=1S/C47H48N8/c1-9-31-20-16-18-26-35(31)54-41-42(50-37(29-49-41)46(3,4)5)53(33-23-14-11-15-24-33)45(54)39-30(2)34-25-17-19-27-36(34)55-43-40(48-28-38(51-43)47(6,7)8)52(44(39)55)32-21-12-10-13-22-32/h9-30,39,44-45H,1H2,2-8H3. The molecule has 4 atom stereocenters. The zero-order valence-corrected chi connectivity index (χ0v) is 32.7. The summed E-state index contributed by atoms with van der Waals surface area (Å²) in [6, 6.07) is 38.7. The predicted octanol–water partition coefficient (Wildman–Crippen LogP) is 11.2. The quantitative estimate of drug-likeness (QED) is 0.174. The van der Waals surface area contributed by atoms with Crippen LogP contribution >= 0.6 is 0 Å². The van der Waals surface area contributed by atoms with E-state index in [9.17, 15) is 0 Å². The van der Waals surface area contributed by atoms with Gasteiger partial charge in [0.25, 0.3) is 0 Å². The SMILES string of the molecule is C=Cc1ccccc1N1c2ncc(C(C)(C)C)nc2N(c2ccccc2)C1C1C(C)c2ccccc2N2c3nc(C(C)(C)C)cnc3N(c3ccccc3)C12. The monoisotopic (exact) mass is 724 g/mol. The van der Waals surface area contributed by atoms with Gasteiger partial charge in [-0.2, -0.15) is 0 Å². The van der Waals surface area contributed by atoms with Crippen molar-refractivity contribution in [1.29, 1.82) is 0 Å². The Morgan fingerprint density at radius 3 is 1.51 bits per heavy atom. The van der Waals surface area contributed by atoms with Crippen LogP contribution in [0.25, 0.3) is 6.08 Å². The van der Waals surface area contributed by atoms with E-state index in [1.165, 1.54) is 5.56 Å². The van der Waals surface area contributed by atoms with Gasteiger partial charge in [-0.25, -0.2) is 19.9 Å². The topological polar surface area (TPSA) is 64.5 Å². The molecule has 0 amide bonds. The number of anilines is 8. The molecule has 9 rings (SSSR count). The van der Waals surface area contributed by atoms with Gasteiger partial charge in [-0.1, -0.05) is 134 Å². The fourth-order valence-corrected chi connectivity index (χ4v) is 8.64. The maximum absolute atomic E-state index is 5.51. The number of aromatic nitrogens is 4. The molecule has 4 aromatic carbocycles. The summed E-state index contributed by atoms with van der Waals surface area (Å²) in [7, 11) is 0. The van der Waals surface area contributed by atoms with Gasteiger partial charge in [-0.15, -0.1) is 0 Å². The Bertz CT molecular complexity index is 2400. The highest BCUT2D eigenvalue weighted by atomic mass is 15.5. The second kappa shape index (κ2) is 12.8. The minimum Gasteiger partial charge on any atom is -0.301 e. The predicted molar refractivity (Wildman–Crippen MR) is 225 cm³/mol. The van der Waals surface area contributed by atoms with E-state index >= 15 is 0 Å². The Labute approximate surface area is 324 Å². The highest BCUT2D eigenvalue weighted by Crippen LogP contribution is 2.60. The second-order valence-corrected chi connectivity index (χ2v) is 17.0. The first-order valence-electron chi connectivity index (χ1n) is 19.3. The van der Waals surface area contributed by atoms with E-state index in [-0.39, 0.29) is 35.0 Å². The van der Waals surface area contributed by atoms with E-state index in [4.69, 9.17) is 19.9 Å². The van der Waals surface area contributed by atoms with Gasteiger partial charge >= 0.3 is 0 Å². The maximum Gasteiger partial charge on any atom is 0.178 e. The van der Waals surface area contributed by atoms with E-state index in [1.54, 1.807) is 0 Å². The molecule has 8 nitrogen and oxygen atoms in total. The smallest absolute Gasteiger partial charge is 0.178 e.